The van der Waals surface area contributed by atoms with E-state index >= 15 is 0 Å². The molecule has 1 saturated heterocycles. The summed E-state index contributed by atoms with van der Waals surface area (Å²) in [5.74, 6) is -1.38. The third-order valence-electron chi connectivity index (χ3n) is 5.94. The molecule has 2 amide bonds. The van der Waals surface area contributed by atoms with Crippen molar-refractivity contribution < 1.29 is 24.2 Å². The molecule has 34 heavy (non-hydrogen) atoms. The molecule has 0 bridgehead atoms. The number of carboxylic acid groups (broad SMARTS) is 1. The zero-order valence-corrected chi connectivity index (χ0v) is 19.1. The van der Waals surface area contributed by atoms with Crippen LogP contribution in [0, 0.1) is 5.41 Å². The highest BCUT2D eigenvalue weighted by molar-refractivity contribution is 5.94. The van der Waals surface area contributed by atoms with Crippen LogP contribution in [0.5, 0.6) is 0 Å². The Morgan fingerprint density at radius 3 is 2.50 bits per heavy atom. The SMILES string of the molecule is CN1C(=O)O[C@@H](CC(=O)N[C@H](CCc2ccccc2)CC(=O)O)C[C@H]1c1ccc(C(=N)N)cc1. The lowest BCUT2D eigenvalue weighted by atomic mass is 9.95. The second-order valence-electron chi connectivity index (χ2n) is 8.49. The van der Waals surface area contributed by atoms with Crippen LogP contribution in [0.25, 0.3) is 0 Å². The van der Waals surface area contributed by atoms with Crippen molar-refractivity contribution in [3.8, 4) is 0 Å². The van der Waals surface area contributed by atoms with Gasteiger partial charge in [-0.3, -0.25) is 15.0 Å². The van der Waals surface area contributed by atoms with Crippen molar-refractivity contribution in [2.24, 2.45) is 5.73 Å². The van der Waals surface area contributed by atoms with Crippen molar-refractivity contribution in [3.63, 3.8) is 0 Å². The fraction of sp³-hybridized carbons (Fsp3) is 0.360. The number of rotatable bonds is 10. The van der Waals surface area contributed by atoms with Gasteiger partial charge in [0, 0.05) is 25.1 Å². The number of aryl methyl sites for hydroxylation is 1. The van der Waals surface area contributed by atoms with Crippen molar-refractivity contribution >= 4 is 23.8 Å². The van der Waals surface area contributed by atoms with E-state index in [2.05, 4.69) is 5.32 Å². The van der Waals surface area contributed by atoms with Gasteiger partial charge in [0.2, 0.25) is 5.91 Å². The van der Waals surface area contributed by atoms with Crippen molar-refractivity contribution in [3.05, 3.63) is 71.3 Å². The van der Waals surface area contributed by atoms with Crippen molar-refractivity contribution in [1.29, 1.82) is 5.41 Å². The zero-order chi connectivity index (χ0) is 24.7. The summed E-state index contributed by atoms with van der Waals surface area (Å²) in [7, 11) is 1.63. The van der Waals surface area contributed by atoms with Crippen LogP contribution in [0.15, 0.2) is 54.6 Å². The fourth-order valence-corrected chi connectivity index (χ4v) is 4.09. The maximum absolute atomic E-state index is 12.7. The molecule has 0 saturated carbocycles. The number of nitrogen functional groups attached to an aromatic ring is 1. The van der Waals surface area contributed by atoms with Gasteiger partial charge in [0.15, 0.2) is 0 Å². The third-order valence-corrected chi connectivity index (χ3v) is 5.94. The van der Waals surface area contributed by atoms with E-state index in [0.29, 0.717) is 24.8 Å². The largest absolute Gasteiger partial charge is 0.481 e. The van der Waals surface area contributed by atoms with Crippen LogP contribution in [0.2, 0.25) is 0 Å². The molecule has 3 rings (SSSR count). The third kappa shape index (κ3) is 6.81. The number of carbonyl (C=O) groups is 3. The Morgan fingerprint density at radius 2 is 1.88 bits per heavy atom. The van der Waals surface area contributed by atoms with Crippen LogP contribution in [0.3, 0.4) is 0 Å². The number of carbonyl (C=O) groups excluding carboxylic acids is 2. The molecule has 9 heteroatoms. The van der Waals surface area contributed by atoms with E-state index in [9.17, 15) is 19.5 Å². The summed E-state index contributed by atoms with van der Waals surface area (Å²) in [6, 6.07) is 15.9. The van der Waals surface area contributed by atoms with Crippen molar-refractivity contribution in [2.75, 3.05) is 7.05 Å². The van der Waals surface area contributed by atoms with E-state index in [1.54, 1.807) is 31.3 Å². The number of nitrogens with two attached hydrogens (primary N) is 1. The fourth-order valence-electron chi connectivity index (χ4n) is 4.09. The molecule has 0 aliphatic carbocycles. The summed E-state index contributed by atoms with van der Waals surface area (Å²) >= 11 is 0. The van der Waals surface area contributed by atoms with Gasteiger partial charge >= 0.3 is 12.1 Å². The number of carboxylic acids is 1. The van der Waals surface area contributed by atoms with E-state index in [1.165, 1.54) is 4.90 Å². The topological polar surface area (TPSA) is 146 Å². The van der Waals surface area contributed by atoms with E-state index in [1.807, 2.05) is 30.3 Å². The van der Waals surface area contributed by atoms with Crippen molar-refractivity contribution in [1.82, 2.24) is 10.2 Å². The number of hydrogen-bond acceptors (Lipinski definition) is 5. The molecule has 3 atom stereocenters. The number of cyclic esters (lactones) is 1. The molecule has 1 heterocycles. The Morgan fingerprint density at radius 1 is 1.21 bits per heavy atom. The van der Waals surface area contributed by atoms with Crippen LogP contribution in [-0.4, -0.2) is 53.0 Å². The van der Waals surface area contributed by atoms with Gasteiger partial charge in [-0.15, -0.1) is 0 Å². The number of nitrogens with one attached hydrogen (secondary N) is 2. The Hall–Kier alpha value is -3.88. The van der Waals surface area contributed by atoms with Gasteiger partial charge in [0.05, 0.1) is 18.9 Å². The molecule has 180 valence electrons. The Kier molecular flexibility index (Phi) is 8.24. The lowest BCUT2D eigenvalue weighted by Crippen LogP contribution is -2.45. The van der Waals surface area contributed by atoms with Crippen LogP contribution in [0.1, 0.15) is 48.4 Å². The van der Waals surface area contributed by atoms with Crippen molar-refractivity contribution in [2.45, 2.75) is 50.3 Å². The molecule has 5 N–H and O–H groups in total. The van der Waals surface area contributed by atoms with Gasteiger partial charge in [-0.1, -0.05) is 54.6 Å². The van der Waals surface area contributed by atoms with Crippen LogP contribution >= 0.6 is 0 Å². The van der Waals surface area contributed by atoms with E-state index in [-0.39, 0.29) is 30.6 Å². The highest BCUT2D eigenvalue weighted by atomic mass is 16.6. The number of aliphatic carboxylic acids is 1. The van der Waals surface area contributed by atoms with Gasteiger partial charge in [0.1, 0.15) is 11.9 Å². The second kappa shape index (κ2) is 11.3. The Balaban J connectivity index is 1.61. The number of amides is 2. The first kappa shape index (κ1) is 24.8. The molecule has 2 aromatic carbocycles. The number of amidine groups is 1. The smallest absolute Gasteiger partial charge is 0.410 e. The first-order valence-corrected chi connectivity index (χ1v) is 11.2. The summed E-state index contributed by atoms with van der Waals surface area (Å²) in [4.78, 5) is 37.9. The summed E-state index contributed by atoms with van der Waals surface area (Å²) < 4.78 is 5.43. The van der Waals surface area contributed by atoms with E-state index < -0.39 is 24.2 Å². The minimum absolute atomic E-state index is 0.0410. The second-order valence-corrected chi connectivity index (χ2v) is 8.49. The lowest BCUT2D eigenvalue weighted by molar-refractivity contribution is -0.137. The first-order valence-electron chi connectivity index (χ1n) is 11.2. The molecule has 1 fully saturated rings. The molecule has 1 aliphatic heterocycles. The molecular weight excluding hydrogens is 436 g/mol. The minimum Gasteiger partial charge on any atom is -0.481 e. The molecule has 2 aromatic rings. The zero-order valence-electron chi connectivity index (χ0n) is 19.1. The maximum Gasteiger partial charge on any atom is 0.410 e. The molecule has 0 unspecified atom stereocenters. The van der Waals surface area contributed by atoms with Gasteiger partial charge < -0.3 is 25.8 Å². The van der Waals surface area contributed by atoms with Gasteiger partial charge in [-0.25, -0.2) is 4.79 Å². The van der Waals surface area contributed by atoms with E-state index in [4.69, 9.17) is 15.9 Å². The minimum atomic E-state index is -0.988. The average molecular weight is 467 g/mol. The predicted octanol–water partition coefficient (Wildman–Crippen LogP) is 2.83. The molecule has 1 aliphatic rings. The average Bonchev–Trinajstić information content (AvgIpc) is 2.80. The van der Waals surface area contributed by atoms with Crippen LogP contribution in [0.4, 0.5) is 4.79 Å². The lowest BCUT2D eigenvalue weighted by Gasteiger charge is -2.37. The quantitative estimate of drug-likeness (QED) is 0.313. The standard InChI is InChI=1S/C25H30N4O5/c1-29-21(17-8-10-18(11-9-17)24(26)27)14-20(34-25(29)33)15-22(30)28-19(13-23(31)32)12-7-16-5-3-2-4-6-16/h2-6,8-11,19-21H,7,12-15H2,1H3,(H3,26,27)(H,28,30)(H,31,32)/t19-,20-,21+/m1/s1. The van der Waals surface area contributed by atoms with Crippen LogP contribution in [-0.2, 0) is 20.7 Å². The molecular formula is C25H30N4O5. The first-order chi connectivity index (χ1) is 16.2. The number of hydrogen-bond donors (Lipinski definition) is 4. The highest BCUT2D eigenvalue weighted by Crippen LogP contribution is 2.32. The summed E-state index contributed by atoms with van der Waals surface area (Å²) in [5.41, 5.74) is 8.01. The van der Waals surface area contributed by atoms with Gasteiger partial charge in [0.25, 0.3) is 0 Å². The Labute approximate surface area is 198 Å². The monoisotopic (exact) mass is 466 g/mol. The van der Waals surface area contributed by atoms with Gasteiger partial charge in [-0.05, 0) is 24.0 Å². The normalized spacial score (nSPS) is 18.6. The molecule has 0 aromatic heterocycles. The summed E-state index contributed by atoms with van der Waals surface area (Å²) in [6.07, 6.45) is 0.125. The summed E-state index contributed by atoms with van der Waals surface area (Å²) in [6.45, 7) is 0. The van der Waals surface area contributed by atoms with E-state index in [0.717, 1.165) is 11.1 Å². The predicted molar refractivity (Wildman–Crippen MR) is 126 cm³/mol. The van der Waals surface area contributed by atoms with Crippen LogP contribution < -0.4 is 11.1 Å². The number of ether oxygens (including phenoxy) is 1. The maximum atomic E-state index is 12.7. The number of benzene rings is 2. The molecule has 9 nitrogen and oxygen atoms in total. The number of nitrogens with zero attached hydrogens (tertiary/aromatic N) is 1. The Bertz CT molecular complexity index is 1030. The summed E-state index contributed by atoms with van der Waals surface area (Å²) in [5, 5.41) is 19.6. The highest BCUT2D eigenvalue weighted by Gasteiger charge is 2.35. The van der Waals surface area contributed by atoms with Gasteiger partial charge in [-0.2, -0.15) is 0 Å². The molecule has 0 spiro atoms. The molecule has 0 radical (unpaired) electrons.